The molecule has 0 unspecified atom stereocenters. The summed E-state index contributed by atoms with van der Waals surface area (Å²) in [5, 5.41) is 40.2. The van der Waals surface area contributed by atoms with E-state index in [1.807, 2.05) is 0 Å². The van der Waals surface area contributed by atoms with Gasteiger partial charge >= 0.3 is 19.1 Å². The van der Waals surface area contributed by atoms with Crippen molar-refractivity contribution >= 4 is 48.1 Å². The number of rotatable bonds is 12. The van der Waals surface area contributed by atoms with E-state index in [0.29, 0.717) is 4.90 Å². The monoisotopic (exact) mass is 427 g/mol. The van der Waals surface area contributed by atoms with Gasteiger partial charge in [-0.1, -0.05) is 12.1 Å². The highest BCUT2D eigenvalue weighted by Crippen LogP contribution is 2.18. The number of nitrogens with one attached hydrogen (secondary N) is 2. The minimum Gasteiger partial charge on any atom is -0.480 e. The summed E-state index contributed by atoms with van der Waals surface area (Å²) in [4.78, 5) is 46.3. The van der Waals surface area contributed by atoms with Crippen molar-refractivity contribution in [3.63, 3.8) is 0 Å². The van der Waals surface area contributed by atoms with Crippen molar-refractivity contribution < 1.29 is 39.4 Å². The van der Waals surface area contributed by atoms with Crippen LogP contribution in [0.15, 0.2) is 29.2 Å². The molecule has 0 bridgehead atoms. The minimum atomic E-state index is -1.61. The molecule has 0 aliphatic heterocycles. The molecule has 8 N–H and O–H groups in total. The molecule has 0 saturated carbocycles. The molecule has 2 amide bonds. The van der Waals surface area contributed by atoms with Crippen molar-refractivity contribution in [2.45, 2.75) is 29.8 Å². The zero-order chi connectivity index (χ0) is 22.0. The molecule has 0 aliphatic rings. The Hall–Kier alpha value is -2.61. The van der Waals surface area contributed by atoms with Gasteiger partial charge < -0.3 is 36.6 Å². The number of carboxylic acid groups (broad SMARTS) is 2. The number of thioether (sulfide) groups is 1. The number of benzene rings is 1. The number of hydrogen-bond acceptors (Lipinski definition) is 8. The molecule has 0 fully saturated rings. The number of amides is 2. The van der Waals surface area contributed by atoms with Crippen LogP contribution in [-0.4, -0.2) is 75.5 Å². The van der Waals surface area contributed by atoms with E-state index in [4.69, 9.17) is 26.0 Å². The molecule has 158 valence electrons. The van der Waals surface area contributed by atoms with Crippen LogP contribution in [0.1, 0.15) is 12.8 Å². The van der Waals surface area contributed by atoms with Gasteiger partial charge in [0.05, 0.1) is 0 Å². The van der Waals surface area contributed by atoms with Crippen molar-refractivity contribution in [3.05, 3.63) is 24.3 Å². The van der Waals surface area contributed by atoms with Gasteiger partial charge in [0.1, 0.15) is 18.6 Å². The van der Waals surface area contributed by atoms with Crippen LogP contribution in [0.25, 0.3) is 0 Å². The lowest BCUT2D eigenvalue weighted by Crippen LogP contribution is -2.49. The molecule has 0 aliphatic carbocycles. The Morgan fingerprint density at radius 1 is 1.10 bits per heavy atom. The Morgan fingerprint density at radius 2 is 1.72 bits per heavy atom. The van der Waals surface area contributed by atoms with E-state index in [9.17, 15) is 19.2 Å². The van der Waals surface area contributed by atoms with Gasteiger partial charge in [0.25, 0.3) is 0 Å². The lowest BCUT2D eigenvalue weighted by atomic mass is 9.81. The van der Waals surface area contributed by atoms with Gasteiger partial charge in [-0.2, -0.15) is 0 Å². The summed E-state index contributed by atoms with van der Waals surface area (Å²) < 4.78 is 0. The quantitative estimate of drug-likeness (QED) is 0.136. The van der Waals surface area contributed by atoms with Crippen LogP contribution >= 0.6 is 11.8 Å². The molecule has 11 nitrogen and oxygen atoms in total. The largest absolute Gasteiger partial charge is 0.488 e. The van der Waals surface area contributed by atoms with Crippen LogP contribution in [0.3, 0.4) is 0 Å². The third-order valence-electron chi connectivity index (χ3n) is 3.66. The van der Waals surface area contributed by atoms with Crippen LogP contribution < -0.4 is 21.8 Å². The highest BCUT2D eigenvalue weighted by Gasteiger charge is 2.23. The number of carbonyl (C=O) groups excluding carboxylic acids is 2. The van der Waals surface area contributed by atoms with Gasteiger partial charge in [-0.05, 0) is 24.0 Å². The first kappa shape index (κ1) is 24.4. The first-order chi connectivity index (χ1) is 13.6. The van der Waals surface area contributed by atoms with Gasteiger partial charge in [-0.25, -0.2) is 0 Å². The maximum Gasteiger partial charge on any atom is 0.488 e. The fourth-order valence-electron chi connectivity index (χ4n) is 2.06. The Bertz CT molecular complexity index is 731. The molecule has 0 spiro atoms. The van der Waals surface area contributed by atoms with E-state index in [0.717, 1.165) is 0 Å². The van der Waals surface area contributed by atoms with E-state index >= 15 is 0 Å². The zero-order valence-electron chi connectivity index (χ0n) is 15.3. The topological polar surface area (TPSA) is 199 Å². The fourth-order valence-corrected chi connectivity index (χ4v) is 2.98. The highest BCUT2D eigenvalue weighted by atomic mass is 32.2. The third kappa shape index (κ3) is 9.43. The van der Waals surface area contributed by atoms with Crippen LogP contribution in [0, 0.1) is 0 Å². The number of aliphatic carboxylic acids is 2. The van der Waals surface area contributed by atoms with E-state index < -0.39 is 49.5 Å². The van der Waals surface area contributed by atoms with Gasteiger partial charge in [0.15, 0.2) is 0 Å². The highest BCUT2D eigenvalue weighted by molar-refractivity contribution is 7.99. The van der Waals surface area contributed by atoms with Crippen molar-refractivity contribution in [1.29, 1.82) is 0 Å². The molecule has 13 heteroatoms. The van der Waals surface area contributed by atoms with Crippen LogP contribution in [0.4, 0.5) is 0 Å². The number of carboxylic acids is 2. The lowest BCUT2D eigenvalue weighted by molar-refractivity contribution is -0.139. The smallest absolute Gasteiger partial charge is 0.480 e. The first-order valence-electron chi connectivity index (χ1n) is 8.46. The van der Waals surface area contributed by atoms with Crippen molar-refractivity contribution in [1.82, 2.24) is 10.6 Å². The lowest BCUT2D eigenvalue weighted by Gasteiger charge is -2.18. The standard InChI is InChI=1S/C16H22BN3O8S/c18-11(16(25)26)5-6-13(21)20-12(15(24)19-7-14(22)23)8-29-10-3-1-9(2-4-10)17(27)28/h1-4,11-12,27-28H,5-8,18H2,(H,19,24)(H,20,21)(H,22,23)(H,25,26)/t11-,12-/m0/s1. The summed E-state index contributed by atoms with van der Waals surface area (Å²) in [6.45, 7) is -0.622. The molecule has 0 saturated heterocycles. The third-order valence-corrected chi connectivity index (χ3v) is 4.77. The van der Waals surface area contributed by atoms with Gasteiger partial charge in [-0.3, -0.25) is 19.2 Å². The second-order valence-corrected chi connectivity index (χ2v) is 7.06. The molecule has 0 heterocycles. The van der Waals surface area contributed by atoms with Crippen LogP contribution in [-0.2, 0) is 19.2 Å². The van der Waals surface area contributed by atoms with E-state index in [1.165, 1.54) is 23.9 Å². The predicted octanol–water partition coefficient (Wildman–Crippen LogP) is -2.66. The van der Waals surface area contributed by atoms with Crippen LogP contribution in [0.2, 0.25) is 0 Å². The predicted molar refractivity (Wildman–Crippen MR) is 104 cm³/mol. The molecule has 1 aromatic carbocycles. The van der Waals surface area contributed by atoms with E-state index in [2.05, 4.69) is 10.6 Å². The molecular weight excluding hydrogens is 405 g/mol. The summed E-state index contributed by atoms with van der Waals surface area (Å²) >= 11 is 1.18. The SMILES string of the molecule is N[C@@H](CCC(=O)N[C@@H](CSc1ccc(B(O)O)cc1)C(=O)NCC(=O)O)C(=O)O. The summed E-state index contributed by atoms with van der Waals surface area (Å²) in [6, 6.07) is 3.88. The molecular formula is C16H22BN3O8S. The fraction of sp³-hybridized carbons (Fsp3) is 0.375. The summed E-state index contributed by atoms with van der Waals surface area (Å²) in [7, 11) is -1.61. The Kier molecular flexibility index (Phi) is 10.2. The maximum atomic E-state index is 12.2. The number of carbonyl (C=O) groups is 4. The second-order valence-electron chi connectivity index (χ2n) is 5.97. The van der Waals surface area contributed by atoms with Gasteiger partial charge in [0.2, 0.25) is 11.8 Å². The molecule has 1 rings (SSSR count). The summed E-state index contributed by atoms with van der Waals surface area (Å²) in [5.74, 6) is -3.75. The Balaban J connectivity index is 2.71. The van der Waals surface area contributed by atoms with Crippen molar-refractivity contribution in [2.24, 2.45) is 5.73 Å². The van der Waals surface area contributed by atoms with Gasteiger partial charge in [0, 0.05) is 17.1 Å². The Morgan fingerprint density at radius 3 is 2.24 bits per heavy atom. The number of hydrogen-bond donors (Lipinski definition) is 7. The molecule has 0 aromatic heterocycles. The van der Waals surface area contributed by atoms with Crippen molar-refractivity contribution in [3.8, 4) is 0 Å². The number of nitrogens with two attached hydrogens (primary N) is 1. The average Bonchev–Trinajstić information content (AvgIpc) is 2.67. The van der Waals surface area contributed by atoms with Gasteiger partial charge in [-0.15, -0.1) is 11.8 Å². The maximum absolute atomic E-state index is 12.2. The molecule has 1 aromatic rings. The zero-order valence-corrected chi connectivity index (χ0v) is 16.1. The average molecular weight is 427 g/mol. The Labute approximate surface area is 170 Å². The second kappa shape index (κ2) is 12.1. The van der Waals surface area contributed by atoms with Crippen molar-refractivity contribution in [2.75, 3.05) is 12.3 Å². The molecule has 0 radical (unpaired) electrons. The van der Waals surface area contributed by atoms with E-state index in [-0.39, 0.29) is 24.1 Å². The first-order valence-corrected chi connectivity index (χ1v) is 9.45. The normalized spacial score (nSPS) is 12.5. The minimum absolute atomic E-state index is 0.0587. The summed E-state index contributed by atoms with van der Waals surface area (Å²) in [6.07, 6.45) is -0.341. The molecule has 2 atom stereocenters. The van der Waals surface area contributed by atoms with E-state index in [1.54, 1.807) is 12.1 Å². The summed E-state index contributed by atoms with van der Waals surface area (Å²) in [5.41, 5.74) is 5.63. The van der Waals surface area contributed by atoms with Crippen LogP contribution in [0.5, 0.6) is 0 Å². The molecule has 29 heavy (non-hydrogen) atoms.